The van der Waals surface area contributed by atoms with Gasteiger partial charge >= 0.3 is 0 Å². The standard InChI is InChI=1S/C16H16N2S2/c1-7-9(3)19-15-11(7)13-14(18-6-5-17-13)12-8(2)10(4)20-16(12)15/h5-6H2,1-4H3. The summed E-state index contributed by atoms with van der Waals surface area (Å²) in [6.45, 7) is 10.5. The van der Waals surface area contributed by atoms with Crippen molar-refractivity contribution in [2.45, 2.75) is 27.7 Å². The molecule has 0 atom stereocenters. The van der Waals surface area contributed by atoms with Gasteiger partial charge in [-0.1, -0.05) is 0 Å². The van der Waals surface area contributed by atoms with Crippen LogP contribution in [0, 0.1) is 27.7 Å². The molecular formula is C16H16N2S2. The van der Waals surface area contributed by atoms with Crippen LogP contribution in [-0.4, -0.2) is 13.1 Å². The summed E-state index contributed by atoms with van der Waals surface area (Å²) in [6.07, 6.45) is 0. The van der Waals surface area contributed by atoms with E-state index in [1.807, 2.05) is 22.7 Å². The monoisotopic (exact) mass is 300 g/mol. The van der Waals surface area contributed by atoms with Crippen molar-refractivity contribution in [1.29, 1.82) is 0 Å². The van der Waals surface area contributed by atoms with Crippen LogP contribution >= 0.6 is 22.7 Å². The quantitative estimate of drug-likeness (QED) is 0.606. The van der Waals surface area contributed by atoms with Gasteiger partial charge in [0.15, 0.2) is 0 Å². The van der Waals surface area contributed by atoms with Gasteiger partial charge in [-0.25, -0.2) is 0 Å². The van der Waals surface area contributed by atoms with Crippen LogP contribution in [0.5, 0.6) is 0 Å². The van der Waals surface area contributed by atoms with Crippen LogP contribution < -0.4 is 10.7 Å². The zero-order chi connectivity index (χ0) is 14.0. The van der Waals surface area contributed by atoms with Crippen LogP contribution in [0.2, 0.25) is 0 Å². The Morgan fingerprint density at radius 2 is 1.10 bits per heavy atom. The summed E-state index contributed by atoms with van der Waals surface area (Å²) in [5, 5.41) is 4.97. The minimum Gasteiger partial charge on any atom is -0.280 e. The Kier molecular flexibility index (Phi) is 2.57. The molecule has 2 aromatic heterocycles. The Morgan fingerprint density at radius 1 is 0.700 bits per heavy atom. The van der Waals surface area contributed by atoms with Crippen LogP contribution in [0.25, 0.3) is 20.2 Å². The lowest BCUT2D eigenvalue weighted by Gasteiger charge is -2.05. The van der Waals surface area contributed by atoms with E-state index < -0.39 is 0 Å². The molecular weight excluding hydrogens is 284 g/mol. The van der Waals surface area contributed by atoms with Gasteiger partial charge in [0.25, 0.3) is 0 Å². The van der Waals surface area contributed by atoms with Crippen molar-refractivity contribution in [3.05, 3.63) is 31.6 Å². The minimum atomic E-state index is 0.824. The minimum absolute atomic E-state index is 0.824. The van der Waals surface area contributed by atoms with Crippen molar-refractivity contribution < 1.29 is 0 Å². The lowest BCUT2D eigenvalue weighted by molar-refractivity contribution is 0.876. The maximum atomic E-state index is 4.81. The van der Waals surface area contributed by atoms with Gasteiger partial charge in [0.1, 0.15) is 0 Å². The predicted octanol–water partition coefficient (Wildman–Crippen LogP) is 3.60. The first kappa shape index (κ1) is 12.5. The summed E-state index contributed by atoms with van der Waals surface area (Å²) >= 11 is 3.82. The molecule has 0 fully saturated rings. The van der Waals surface area contributed by atoms with Crippen molar-refractivity contribution >= 4 is 42.8 Å². The maximum absolute atomic E-state index is 4.81. The van der Waals surface area contributed by atoms with Crippen LogP contribution in [0.15, 0.2) is 9.98 Å². The number of hydrogen-bond donors (Lipinski definition) is 0. The fraction of sp³-hybridized carbons (Fsp3) is 0.375. The zero-order valence-corrected chi connectivity index (χ0v) is 13.8. The first-order chi connectivity index (χ1) is 9.59. The molecule has 3 aromatic rings. The number of rotatable bonds is 0. The topological polar surface area (TPSA) is 24.7 Å². The van der Waals surface area contributed by atoms with E-state index in [-0.39, 0.29) is 0 Å². The summed E-state index contributed by atoms with van der Waals surface area (Å²) in [5.74, 6) is 0. The Hall–Kier alpha value is -1.26. The molecule has 0 unspecified atom stereocenters. The molecule has 0 saturated carbocycles. The van der Waals surface area contributed by atoms with E-state index in [2.05, 4.69) is 27.7 Å². The molecule has 0 bridgehead atoms. The third-order valence-electron chi connectivity index (χ3n) is 4.31. The Labute approximate surface area is 125 Å². The Balaban J connectivity index is 2.47. The number of benzene rings is 1. The molecule has 0 amide bonds. The second-order valence-electron chi connectivity index (χ2n) is 5.44. The fourth-order valence-electron chi connectivity index (χ4n) is 3.01. The molecule has 102 valence electrons. The average Bonchev–Trinajstić information content (AvgIpc) is 2.90. The molecule has 20 heavy (non-hydrogen) atoms. The molecule has 1 aliphatic heterocycles. The molecule has 0 aliphatic carbocycles. The number of nitrogens with zero attached hydrogens (tertiary/aromatic N) is 2. The maximum Gasteiger partial charge on any atom is 0.0924 e. The molecule has 1 aliphatic rings. The Bertz CT molecular complexity index is 908. The highest BCUT2D eigenvalue weighted by Gasteiger charge is 2.18. The van der Waals surface area contributed by atoms with E-state index in [0.29, 0.717) is 0 Å². The SMILES string of the molecule is Cc1sc2c(c1C)c1c(c3c(C)c(C)sc32)=NCCN=1. The molecule has 3 heterocycles. The van der Waals surface area contributed by atoms with Crippen LogP contribution in [0.4, 0.5) is 0 Å². The van der Waals surface area contributed by atoms with Crippen LogP contribution in [-0.2, 0) is 0 Å². The summed E-state index contributed by atoms with van der Waals surface area (Å²) < 4.78 is 2.83. The van der Waals surface area contributed by atoms with Gasteiger partial charge in [0.2, 0.25) is 0 Å². The van der Waals surface area contributed by atoms with Gasteiger partial charge in [-0.3, -0.25) is 9.98 Å². The predicted molar refractivity (Wildman–Crippen MR) is 88.2 cm³/mol. The van der Waals surface area contributed by atoms with E-state index in [1.54, 1.807) is 0 Å². The van der Waals surface area contributed by atoms with Gasteiger partial charge in [0, 0.05) is 20.5 Å². The highest BCUT2D eigenvalue weighted by molar-refractivity contribution is 7.27. The summed E-state index contributed by atoms with van der Waals surface area (Å²) in [6, 6.07) is 0. The second-order valence-corrected chi connectivity index (χ2v) is 7.88. The third kappa shape index (κ3) is 1.44. The van der Waals surface area contributed by atoms with Gasteiger partial charge in [-0.15, -0.1) is 22.7 Å². The lowest BCUT2D eigenvalue weighted by Crippen LogP contribution is -2.31. The fourth-order valence-corrected chi connectivity index (χ4v) is 5.48. The van der Waals surface area contributed by atoms with E-state index in [0.717, 1.165) is 23.8 Å². The highest BCUT2D eigenvalue weighted by atomic mass is 32.1. The molecule has 4 rings (SSSR count). The normalized spacial score (nSPS) is 14.4. The number of thiophene rings is 2. The van der Waals surface area contributed by atoms with Gasteiger partial charge < -0.3 is 0 Å². The number of aryl methyl sites for hydroxylation is 4. The number of hydrogen-bond acceptors (Lipinski definition) is 4. The second kappa shape index (κ2) is 4.12. The molecule has 0 spiro atoms. The largest absolute Gasteiger partial charge is 0.280 e. The first-order valence-electron chi connectivity index (χ1n) is 6.90. The van der Waals surface area contributed by atoms with Crippen molar-refractivity contribution in [3.63, 3.8) is 0 Å². The van der Waals surface area contributed by atoms with E-state index >= 15 is 0 Å². The first-order valence-corrected chi connectivity index (χ1v) is 8.53. The van der Waals surface area contributed by atoms with Crippen molar-refractivity contribution in [1.82, 2.24) is 0 Å². The van der Waals surface area contributed by atoms with Crippen molar-refractivity contribution in [2.75, 3.05) is 13.1 Å². The zero-order valence-electron chi connectivity index (χ0n) is 12.1. The average molecular weight is 300 g/mol. The van der Waals surface area contributed by atoms with Gasteiger partial charge in [-0.05, 0) is 38.8 Å². The molecule has 0 N–H and O–H groups in total. The smallest absolute Gasteiger partial charge is 0.0924 e. The van der Waals surface area contributed by atoms with Crippen LogP contribution in [0.3, 0.4) is 0 Å². The summed E-state index contributed by atoms with van der Waals surface area (Å²) in [5.41, 5.74) is 2.76. The van der Waals surface area contributed by atoms with E-state index in [4.69, 9.17) is 9.98 Å². The molecule has 1 aromatic carbocycles. The third-order valence-corrected chi connectivity index (χ3v) is 6.89. The van der Waals surface area contributed by atoms with Crippen molar-refractivity contribution in [2.24, 2.45) is 9.98 Å². The molecule has 4 heteroatoms. The van der Waals surface area contributed by atoms with Gasteiger partial charge in [-0.2, -0.15) is 0 Å². The Morgan fingerprint density at radius 3 is 1.50 bits per heavy atom. The lowest BCUT2D eigenvalue weighted by atomic mass is 10.1. The molecule has 2 nitrogen and oxygen atoms in total. The van der Waals surface area contributed by atoms with E-state index in [9.17, 15) is 0 Å². The number of fused-ring (bicyclic) bond motifs is 6. The summed E-state index contributed by atoms with van der Waals surface area (Å²) in [7, 11) is 0. The summed E-state index contributed by atoms with van der Waals surface area (Å²) in [4.78, 5) is 12.4. The highest BCUT2D eigenvalue weighted by Crippen LogP contribution is 2.38. The van der Waals surface area contributed by atoms with Crippen molar-refractivity contribution in [3.8, 4) is 0 Å². The molecule has 0 saturated heterocycles. The van der Waals surface area contributed by atoms with Crippen LogP contribution in [0.1, 0.15) is 20.9 Å². The molecule has 0 radical (unpaired) electrons. The van der Waals surface area contributed by atoms with E-state index in [1.165, 1.54) is 41.1 Å². The van der Waals surface area contributed by atoms with Gasteiger partial charge in [0.05, 0.1) is 33.2 Å².